The number of pyridine rings is 1. The summed E-state index contributed by atoms with van der Waals surface area (Å²) in [5.41, 5.74) is 2.59. The molecule has 30 heavy (non-hydrogen) atoms. The number of benzene rings is 2. The van der Waals surface area contributed by atoms with E-state index >= 15 is 0 Å². The van der Waals surface area contributed by atoms with Gasteiger partial charge in [0, 0.05) is 36.8 Å². The highest BCUT2D eigenvalue weighted by Crippen LogP contribution is 2.24. The molecule has 1 aliphatic heterocycles. The summed E-state index contributed by atoms with van der Waals surface area (Å²) in [4.78, 5) is 19.5. The van der Waals surface area contributed by atoms with Gasteiger partial charge in [-0.25, -0.2) is 0 Å². The lowest BCUT2D eigenvalue weighted by atomic mass is 10.0. The molecule has 1 amide bonds. The number of H-pyrrole nitrogens is 1. The maximum Gasteiger partial charge on any atom is 0.270 e. The Hall–Kier alpha value is -3.67. The average Bonchev–Trinajstić information content (AvgIpc) is 3.30. The zero-order valence-electron chi connectivity index (χ0n) is 16.6. The maximum atomic E-state index is 12.9. The number of piperidine rings is 1. The second kappa shape index (κ2) is 7.99. The third kappa shape index (κ3) is 3.64. The molecule has 150 valence electrons. The highest BCUT2D eigenvalue weighted by molar-refractivity contribution is 6.05. The predicted octanol–water partition coefficient (Wildman–Crippen LogP) is 4.02. The smallest absolute Gasteiger partial charge is 0.270 e. The summed E-state index contributed by atoms with van der Waals surface area (Å²) in [5.74, 6) is 0.793. The average molecular weight is 397 g/mol. The summed E-state index contributed by atoms with van der Waals surface area (Å²) in [5, 5.41) is 12.7. The van der Waals surface area contributed by atoms with Gasteiger partial charge in [0.15, 0.2) is 5.82 Å². The van der Waals surface area contributed by atoms with Gasteiger partial charge in [0.1, 0.15) is 5.69 Å². The molecule has 4 aromatic rings. The molecule has 0 aliphatic carbocycles. The Morgan fingerprint density at radius 3 is 2.80 bits per heavy atom. The van der Waals surface area contributed by atoms with Gasteiger partial charge in [-0.3, -0.25) is 14.9 Å². The van der Waals surface area contributed by atoms with Crippen molar-refractivity contribution in [2.75, 3.05) is 18.0 Å². The van der Waals surface area contributed by atoms with Gasteiger partial charge in [-0.15, -0.1) is 0 Å². The summed E-state index contributed by atoms with van der Waals surface area (Å²) < 4.78 is 0. The molecule has 1 saturated heterocycles. The number of hydrogen-bond acceptors (Lipinski definition) is 4. The van der Waals surface area contributed by atoms with Gasteiger partial charge >= 0.3 is 0 Å². The molecule has 5 rings (SSSR count). The Balaban J connectivity index is 1.30. The molecule has 1 fully saturated rings. The molecule has 6 nitrogen and oxygen atoms in total. The molecule has 3 heterocycles. The van der Waals surface area contributed by atoms with Gasteiger partial charge in [-0.2, -0.15) is 5.10 Å². The molecular weight excluding hydrogens is 374 g/mol. The lowest BCUT2D eigenvalue weighted by Crippen LogP contribution is -2.48. The van der Waals surface area contributed by atoms with Crippen LogP contribution in [0.2, 0.25) is 0 Å². The quantitative estimate of drug-likeness (QED) is 0.545. The fourth-order valence-corrected chi connectivity index (χ4v) is 4.10. The van der Waals surface area contributed by atoms with E-state index in [1.807, 2.05) is 48.5 Å². The number of anilines is 1. The molecule has 1 aliphatic rings. The minimum absolute atomic E-state index is 0.0592. The highest BCUT2D eigenvalue weighted by atomic mass is 16.2. The number of nitrogens with one attached hydrogen (secondary N) is 2. The molecular formula is C24H23N5O. The lowest BCUT2D eigenvalue weighted by Gasteiger charge is -2.33. The minimum Gasteiger partial charge on any atom is -0.353 e. The number of amides is 1. The Morgan fingerprint density at radius 1 is 1.07 bits per heavy atom. The molecule has 0 saturated carbocycles. The van der Waals surface area contributed by atoms with E-state index in [-0.39, 0.29) is 11.9 Å². The topological polar surface area (TPSA) is 73.9 Å². The van der Waals surface area contributed by atoms with Crippen molar-refractivity contribution in [2.45, 2.75) is 18.9 Å². The number of fused-ring (bicyclic) bond motifs is 1. The van der Waals surface area contributed by atoms with Crippen LogP contribution in [0.3, 0.4) is 0 Å². The van der Waals surface area contributed by atoms with E-state index in [9.17, 15) is 4.79 Å². The van der Waals surface area contributed by atoms with E-state index in [0.717, 1.165) is 53.8 Å². The second-order valence-corrected chi connectivity index (χ2v) is 7.65. The fraction of sp³-hybridized carbons (Fsp3) is 0.208. The largest absolute Gasteiger partial charge is 0.353 e. The summed E-state index contributed by atoms with van der Waals surface area (Å²) in [6, 6.07) is 22.1. The number of carbonyl (C=O) groups excluding carboxylic acids is 1. The number of nitrogens with zero attached hydrogens (tertiary/aromatic N) is 3. The lowest BCUT2D eigenvalue weighted by molar-refractivity contribution is 0.0930. The predicted molar refractivity (Wildman–Crippen MR) is 118 cm³/mol. The van der Waals surface area contributed by atoms with Crippen LogP contribution in [0.1, 0.15) is 23.3 Å². The van der Waals surface area contributed by atoms with Crippen molar-refractivity contribution >= 4 is 22.5 Å². The van der Waals surface area contributed by atoms with Crippen LogP contribution in [-0.2, 0) is 0 Å². The Morgan fingerprint density at radius 2 is 1.90 bits per heavy atom. The maximum absolute atomic E-state index is 12.9. The van der Waals surface area contributed by atoms with E-state index in [1.54, 1.807) is 6.20 Å². The number of aromatic amines is 1. The van der Waals surface area contributed by atoms with E-state index in [4.69, 9.17) is 0 Å². The first kappa shape index (κ1) is 18.4. The van der Waals surface area contributed by atoms with Crippen LogP contribution >= 0.6 is 0 Å². The van der Waals surface area contributed by atoms with E-state index in [1.165, 1.54) is 0 Å². The van der Waals surface area contributed by atoms with Crippen LogP contribution in [0.4, 0.5) is 5.82 Å². The van der Waals surface area contributed by atoms with Crippen LogP contribution in [0.15, 0.2) is 72.9 Å². The normalized spacial score (nSPS) is 16.5. The van der Waals surface area contributed by atoms with Crippen molar-refractivity contribution in [1.29, 1.82) is 0 Å². The van der Waals surface area contributed by atoms with E-state index in [2.05, 4.69) is 43.6 Å². The number of hydrogen-bond donors (Lipinski definition) is 2. The molecule has 2 aromatic heterocycles. The van der Waals surface area contributed by atoms with Gasteiger partial charge in [0.05, 0.1) is 5.69 Å². The van der Waals surface area contributed by atoms with Crippen LogP contribution in [-0.4, -0.2) is 40.2 Å². The summed E-state index contributed by atoms with van der Waals surface area (Å²) in [6.07, 6.45) is 3.64. The zero-order valence-corrected chi connectivity index (χ0v) is 16.6. The van der Waals surface area contributed by atoms with Crippen LogP contribution < -0.4 is 10.2 Å². The van der Waals surface area contributed by atoms with Gasteiger partial charge < -0.3 is 10.2 Å². The summed E-state index contributed by atoms with van der Waals surface area (Å²) >= 11 is 0. The first-order valence-corrected chi connectivity index (χ1v) is 10.3. The molecule has 0 bridgehead atoms. The molecule has 0 radical (unpaired) electrons. The van der Waals surface area contributed by atoms with Gasteiger partial charge in [-0.05, 0) is 29.9 Å². The molecule has 1 unspecified atom stereocenters. The first-order valence-electron chi connectivity index (χ1n) is 10.3. The van der Waals surface area contributed by atoms with Crippen LogP contribution in [0.25, 0.3) is 22.0 Å². The molecule has 2 aromatic carbocycles. The highest BCUT2D eigenvalue weighted by Gasteiger charge is 2.24. The van der Waals surface area contributed by atoms with Gasteiger partial charge in [0.2, 0.25) is 0 Å². The van der Waals surface area contributed by atoms with E-state index in [0.29, 0.717) is 5.69 Å². The second-order valence-electron chi connectivity index (χ2n) is 7.65. The summed E-state index contributed by atoms with van der Waals surface area (Å²) in [7, 11) is 0. The molecule has 2 N–H and O–H groups in total. The first-order chi connectivity index (χ1) is 14.8. The number of carbonyl (C=O) groups is 1. The van der Waals surface area contributed by atoms with Gasteiger partial charge in [0.25, 0.3) is 5.91 Å². The molecule has 6 heteroatoms. The third-order valence-electron chi connectivity index (χ3n) is 5.62. The van der Waals surface area contributed by atoms with Gasteiger partial charge in [-0.1, -0.05) is 54.6 Å². The Labute approximate surface area is 174 Å². The van der Waals surface area contributed by atoms with Crippen molar-refractivity contribution in [3.05, 3.63) is 78.6 Å². The van der Waals surface area contributed by atoms with Crippen LogP contribution in [0, 0.1) is 0 Å². The van der Waals surface area contributed by atoms with E-state index < -0.39 is 0 Å². The Bertz CT molecular complexity index is 1170. The standard InChI is InChI=1S/C24H23N5O/c30-24(23-20-11-5-4-7-17(20)12-13-25-23)26-19-10-6-14-29(16-19)22-15-21(27-28-22)18-8-2-1-3-9-18/h1-5,7-9,11-13,15,19H,6,10,14,16H2,(H,26,30)(H,27,28). The van der Waals surface area contributed by atoms with Crippen LogP contribution in [0.5, 0.6) is 0 Å². The SMILES string of the molecule is O=C(NC1CCCN(c2cc(-c3ccccc3)[nH]n2)C1)c1nccc2ccccc12. The zero-order chi connectivity index (χ0) is 20.3. The monoisotopic (exact) mass is 397 g/mol. The Kier molecular flexibility index (Phi) is 4.89. The minimum atomic E-state index is -0.120. The van der Waals surface area contributed by atoms with Crippen molar-refractivity contribution in [3.63, 3.8) is 0 Å². The fourth-order valence-electron chi connectivity index (χ4n) is 4.10. The van der Waals surface area contributed by atoms with Crippen molar-refractivity contribution in [2.24, 2.45) is 0 Å². The number of rotatable bonds is 4. The molecule has 0 spiro atoms. The molecule has 1 atom stereocenters. The summed E-state index contributed by atoms with van der Waals surface area (Å²) in [6.45, 7) is 1.66. The third-order valence-corrected chi connectivity index (χ3v) is 5.62. The number of aromatic nitrogens is 3. The van der Waals surface area contributed by atoms with Crippen molar-refractivity contribution in [1.82, 2.24) is 20.5 Å². The van der Waals surface area contributed by atoms with Crippen molar-refractivity contribution in [3.8, 4) is 11.3 Å². The van der Waals surface area contributed by atoms with Crippen molar-refractivity contribution < 1.29 is 4.79 Å².